The fourth-order valence-corrected chi connectivity index (χ4v) is 3.00. The first kappa shape index (κ1) is 16.0. The Hall–Kier alpha value is -3.53. The fourth-order valence-electron chi connectivity index (χ4n) is 3.00. The SMILES string of the molecule is Cc1ccc(-c2n[n+]([O-])nc(-c3ccccc3)c2-c2ccccc2)cc1. The number of hydrogen-bond acceptors (Lipinski definition) is 3. The lowest BCUT2D eigenvalue weighted by molar-refractivity contribution is -0.726. The van der Waals surface area contributed by atoms with Crippen LogP contribution in [0.1, 0.15) is 5.56 Å². The minimum atomic E-state index is 0.407. The monoisotopic (exact) mass is 339 g/mol. The van der Waals surface area contributed by atoms with Gasteiger partial charge in [-0.1, -0.05) is 90.5 Å². The molecule has 4 heteroatoms. The van der Waals surface area contributed by atoms with Gasteiger partial charge >= 0.3 is 0 Å². The van der Waals surface area contributed by atoms with Gasteiger partial charge in [-0.2, -0.15) is 0 Å². The molecule has 0 aliphatic heterocycles. The molecule has 0 bridgehead atoms. The molecule has 0 radical (unpaired) electrons. The molecule has 0 amide bonds. The average molecular weight is 339 g/mol. The van der Waals surface area contributed by atoms with Gasteiger partial charge in [0.2, 0.25) is 0 Å². The Morgan fingerprint density at radius 2 is 1.08 bits per heavy atom. The highest BCUT2D eigenvalue weighted by molar-refractivity contribution is 5.90. The van der Waals surface area contributed by atoms with E-state index in [1.807, 2.05) is 91.9 Å². The molecule has 0 spiro atoms. The molecule has 0 fully saturated rings. The van der Waals surface area contributed by atoms with Crippen molar-refractivity contribution in [3.05, 3.63) is 95.7 Å². The van der Waals surface area contributed by atoms with Gasteiger partial charge in [0.05, 0.1) is 4.96 Å². The van der Waals surface area contributed by atoms with E-state index in [1.54, 1.807) is 0 Å². The Labute approximate surface area is 152 Å². The van der Waals surface area contributed by atoms with Gasteiger partial charge in [0.25, 0.3) is 0 Å². The Morgan fingerprint density at radius 3 is 1.62 bits per heavy atom. The summed E-state index contributed by atoms with van der Waals surface area (Å²) >= 11 is 0. The summed E-state index contributed by atoms with van der Waals surface area (Å²) in [5.41, 5.74) is 6.00. The van der Waals surface area contributed by atoms with E-state index in [0.29, 0.717) is 16.3 Å². The third kappa shape index (κ3) is 3.05. The zero-order chi connectivity index (χ0) is 17.9. The second kappa shape index (κ2) is 6.76. The van der Waals surface area contributed by atoms with Crippen molar-refractivity contribution in [2.75, 3.05) is 0 Å². The van der Waals surface area contributed by atoms with Gasteiger partial charge in [0.1, 0.15) is 0 Å². The van der Waals surface area contributed by atoms with Crippen molar-refractivity contribution < 1.29 is 4.96 Å². The van der Waals surface area contributed by atoms with Gasteiger partial charge in [-0.05, 0) is 12.5 Å². The highest BCUT2D eigenvalue weighted by Gasteiger charge is 2.22. The predicted molar refractivity (Wildman–Crippen MR) is 102 cm³/mol. The Bertz CT molecular complexity index is 1030. The van der Waals surface area contributed by atoms with Crippen molar-refractivity contribution in [1.82, 2.24) is 10.2 Å². The minimum absolute atomic E-state index is 0.407. The number of nitrogens with zero attached hydrogens (tertiary/aromatic N) is 3. The maximum atomic E-state index is 12.2. The van der Waals surface area contributed by atoms with E-state index in [4.69, 9.17) is 0 Å². The molecular weight excluding hydrogens is 322 g/mol. The standard InChI is InChI=1S/C22H17N3O/c1-16-12-14-19(15-13-16)22-20(17-8-4-2-5-9-17)21(23-25(26)24-22)18-10-6-3-7-11-18/h2-15H,1H3. The number of benzene rings is 3. The first-order chi connectivity index (χ1) is 12.7. The van der Waals surface area contributed by atoms with Crippen molar-refractivity contribution >= 4 is 0 Å². The quantitative estimate of drug-likeness (QED) is 0.410. The van der Waals surface area contributed by atoms with Gasteiger partial charge in [0, 0.05) is 26.9 Å². The Morgan fingerprint density at radius 1 is 0.615 bits per heavy atom. The summed E-state index contributed by atoms with van der Waals surface area (Å²) in [6.45, 7) is 2.03. The van der Waals surface area contributed by atoms with Crippen LogP contribution >= 0.6 is 0 Å². The molecule has 4 nitrogen and oxygen atoms in total. The minimum Gasteiger partial charge on any atom is -0.569 e. The van der Waals surface area contributed by atoms with Crippen molar-refractivity contribution in [3.8, 4) is 33.6 Å². The van der Waals surface area contributed by atoms with E-state index in [1.165, 1.54) is 0 Å². The normalized spacial score (nSPS) is 10.7. The molecule has 126 valence electrons. The molecule has 0 aliphatic rings. The third-order valence-electron chi connectivity index (χ3n) is 4.28. The summed E-state index contributed by atoms with van der Waals surface area (Å²) in [4.78, 5) is 0.407. The van der Waals surface area contributed by atoms with Crippen LogP contribution in [-0.4, -0.2) is 10.2 Å². The summed E-state index contributed by atoms with van der Waals surface area (Å²) in [5.74, 6) is 0. The van der Waals surface area contributed by atoms with Crippen LogP contribution in [0.4, 0.5) is 0 Å². The Kier molecular flexibility index (Phi) is 4.15. The van der Waals surface area contributed by atoms with Crippen LogP contribution in [0.25, 0.3) is 33.6 Å². The molecule has 3 aromatic carbocycles. The molecule has 0 aliphatic carbocycles. The zero-order valence-corrected chi connectivity index (χ0v) is 14.3. The van der Waals surface area contributed by atoms with Crippen molar-refractivity contribution in [2.45, 2.75) is 6.92 Å². The van der Waals surface area contributed by atoms with E-state index in [0.717, 1.165) is 27.8 Å². The van der Waals surface area contributed by atoms with Crippen LogP contribution in [0.15, 0.2) is 84.9 Å². The largest absolute Gasteiger partial charge is 0.569 e. The van der Waals surface area contributed by atoms with E-state index in [9.17, 15) is 5.21 Å². The smallest absolute Gasteiger partial charge is 0.152 e. The van der Waals surface area contributed by atoms with Gasteiger partial charge in [-0.3, -0.25) is 0 Å². The molecule has 1 aromatic heterocycles. The number of rotatable bonds is 3. The molecule has 1 heterocycles. The lowest BCUT2D eigenvalue weighted by Crippen LogP contribution is -2.37. The lowest BCUT2D eigenvalue weighted by atomic mass is 9.95. The molecular formula is C22H17N3O. The van der Waals surface area contributed by atoms with Crippen molar-refractivity contribution in [1.29, 1.82) is 0 Å². The van der Waals surface area contributed by atoms with E-state index in [-0.39, 0.29) is 0 Å². The molecule has 4 rings (SSSR count). The van der Waals surface area contributed by atoms with Crippen LogP contribution in [0.5, 0.6) is 0 Å². The first-order valence-electron chi connectivity index (χ1n) is 8.42. The third-order valence-corrected chi connectivity index (χ3v) is 4.28. The summed E-state index contributed by atoms with van der Waals surface area (Å²) in [5, 5.41) is 20.6. The predicted octanol–water partition coefficient (Wildman–Crippen LogP) is 4.42. The molecule has 0 N–H and O–H groups in total. The van der Waals surface area contributed by atoms with E-state index >= 15 is 0 Å². The van der Waals surface area contributed by atoms with Crippen LogP contribution < -0.4 is 4.96 Å². The summed E-state index contributed by atoms with van der Waals surface area (Å²) in [6, 6.07) is 27.7. The van der Waals surface area contributed by atoms with E-state index in [2.05, 4.69) is 10.2 Å². The molecule has 0 unspecified atom stereocenters. The zero-order valence-electron chi connectivity index (χ0n) is 14.3. The lowest BCUT2D eigenvalue weighted by Gasteiger charge is -2.12. The average Bonchev–Trinajstić information content (AvgIpc) is 2.69. The molecule has 0 atom stereocenters. The van der Waals surface area contributed by atoms with Crippen molar-refractivity contribution in [2.24, 2.45) is 0 Å². The van der Waals surface area contributed by atoms with Crippen LogP contribution in [0.2, 0.25) is 0 Å². The fraction of sp³-hybridized carbons (Fsp3) is 0.0455. The van der Waals surface area contributed by atoms with E-state index < -0.39 is 0 Å². The Balaban J connectivity index is 2.05. The molecule has 26 heavy (non-hydrogen) atoms. The highest BCUT2D eigenvalue weighted by atomic mass is 16.5. The second-order valence-electron chi connectivity index (χ2n) is 6.12. The topological polar surface area (TPSA) is 52.7 Å². The molecule has 4 aromatic rings. The van der Waals surface area contributed by atoms with Gasteiger partial charge in [-0.15, -0.1) is 0 Å². The maximum absolute atomic E-state index is 12.2. The van der Waals surface area contributed by atoms with Crippen LogP contribution in [0.3, 0.4) is 0 Å². The highest BCUT2D eigenvalue weighted by Crippen LogP contribution is 2.36. The number of aromatic nitrogens is 3. The number of hydrogen-bond donors (Lipinski definition) is 0. The van der Waals surface area contributed by atoms with Crippen molar-refractivity contribution in [3.63, 3.8) is 0 Å². The summed E-state index contributed by atoms with van der Waals surface area (Å²) < 4.78 is 0. The second-order valence-corrected chi connectivity index (χ2v) is 6.12. The van der Waals surface area contributed by atoms with Crippen LogP contribution in [-0.2, 0) is 0 Å². The number of aryl methyl sites for hydroxylation is 1. The molecule has 0 saturated heterocycles. The summed E-state index contributed by atoms with van der Waals surface area (Å²) in [7, 11) is 0. The maximum Gasteiger partial charge on any atom is 0.152 e. The van der Waals surface area contributed by atoms with Gasteiger partial charge < -0.3 is 5.21 Å². The summed E-state index contributed by atoms with van der Waals surface area (Å²) in [6.07, 6.45) is 0. The molecule has 0 saturated carbocycles. The van der Waals surface area contributed by atoms with Gasteiger partial charge in [0.15, 0.2) is 11.4 Å². The van der Waals surface area contributed by atoms with Gasteiger partial charge in [-0.25, -0.2) is 0 Å². The first-order valence-corrected chi connectivity index (χ1v) is 8.42. The van der Waals surface area contributed by atoms with Crippen LogP contribution in [0, 0.1) is 12.1 Å².